The summed E-state index contributed by atoms with van der Waals surface area (Å²) in [5.41, 5.74) is 4.25. The predicted octanol–water partition coefficient (Wildman–Crippen LogP) is 3.11. The van der Waals surface area contributed by atoms with E-state index in [9.17, 15) is 0 Å². The fourth-order valence-electron chi connectivity index (χ4n) is 2.91. The molecule has 0 bridgehead atoms. The summed E-state index contributed by atoms with van der Waals surface area (Å²) in [4.78, 5) is 6.11. The highest BCUT2D eigenvalue weighted by atomic mass is 15.2. The monoisotopic (exact) mass is 214 g/mol. The van der Waals surface area contributed by atoms with Crippen LogP contribution in [0.15, 0.2) is 24.3 Å². The van der Waals surface area contributed by atoms with E-state index in [1.165, 1.54) is 35.1 Å². The molecule has 16 heavy (non-hydrogen) atoms. The van der Waals surface area contributed by atoms with Crippen molar-refractivity contribution in [2.75, 3.05) is 13.1 Å². The maximum atomic E-state index is 3.59. The minimum atomic E-state index is 0.529. The summed E-state index contributed by atoms with van der Waals surface area (Å²) < 4.78 is 0. The molecule has 2 heteroatoms. The molecule has 0 fully saturated rings. The van der Waals surface area contributed by atoms with Crippen LogP contribution in [0.1, 0.15) is 31.1 Å². The smallest absolute Gasteiger partial charge is 0.0473 e. The maximum Gasteiger partial charge on any atom is 0.0473 e. The first-order chi connectivity index (χ1) is 7.81. The number of likely N-dealkylation sites (N-methyl/N-ethyl adjacent to an activating group) is 1. The number of H-pyrrole nitrogens is 1. The third-order valence-corrected chi connectivity index (χ3v) is 3.87. The van der Waals surface area contributed by atoms with Crippen LogP contribution >= 0.6 is 0 Å². The zero-order valence-electron chi connectivity index (χ0n) is 9.96. The molecule has 2 heterocycles. The lowest BCUT2D eigenvalue weighted by molar-refractivity contribution is 0.207. The van der Waals surface area contributed by atoms with E-state index in [0.29, 0.717) is 6.04 Å². The van der Waals surface area contributed by atoms with Gasteiger partial charge in [-0.05, 0) is 31.5 Å². The largest absolute Gasteiger partial charge is 0.357 e. The number of aromatic nitrogens is 1. The van der Waals surface area contributed by atoms with E-state index in [2.05, 4.69) is 48.0 Å². The summed E-state index contributed by atoms with van der Waals surface area (Å²) in [5, 5.41) is 1.42. The molecule has 1 aromatic heterocycles. The molecule has 0 aliphatic carbocycles. The Kier molecular flexibility index (Phi) is 2.25. The Morgan fingerprint density at radius 3 is 3.00 bits per heavy atom. The van der Waals surface area contributed by atoms with Crippen LogP contribution in [0.25, 0.3) is 10.9 Å². The highest BCUT2D eigenvalue weighted by Gasteiger charge is 2.25. The van der Waals surface area contributed by atoms with Gasteiger partial charge in [0.15, 0.2) is 0 Å². The predicted molar refractivity (Wildman–Crippen MR) is 67.7 cm³/mol. The molecule has 1 aromatic carbocycles. The molecule has 3 rings (SSSR count). The third kappa shape index (κ3) is 1.30. The zero-order chi connectivity index (χ0) is 11.1. The van der Waals surface area contributed by atoms with Gasteiger partial charge in [-0.15, -0.1) is 0 Å². The van der Waals surface area contributed by atoms with E-state index in [-0.39, 0.29) is 0 Å². The van der Waals surface area contributed by atoms with Gasteiger partial charge in [0.1, 0.15) is 0 Å². The van der Waals surface area contributed by atoms with E-state index in [4.69, 9.17) is 0 Å². The average molecular weight is 214 g/mol. The summed E-state index contributed by atoms with van der Waals surface area (Å²) in [6.07, 6.45) is 1.18. The molecule has 1 aliphatic heterocycles. The second kappa shape index (κ2) is 3.63. The lowest BCUT2D eigenvalue weighted by Crippen LogP contribution is -2.33. The Morgan fingerprint density at radius 2 is 2.19 bits per heavy atom. The number of para-hydroxylation sites is 1. The Hall–Kier alpha value is -1.28. The van der Waals surface area contributed by atoms with Gasteiger partial charge in [0.05, 0.1) is 0 Å². The molecule has 0 amide bonds. The van der Waals surface area contributed by atoms with Crippen LogP contribution in [0.4, 0.5) is 0 Å². The van der Waals surface area contributed by atoms with Crippen LogP contribution in [-0.2, 0) is 6.42 Å². The van der Waals surface area contributed by atoms with Crippen LogP contribution < -0.4 is 0 Å². The first-order valence-corrected chi connectivity index (χ1v) is 6.14. The van der Waals surface area contributed by atoms with Crippen molar-refractivity contribution in [3.05, 3.63) is 35.5 Å². The summed E-state index contributed by atoms with van der Waals surface area (Å²) >= 11 is 0. The van der Waals surface area contributed by atoms with Crippen LogP contribution in [0.3, 0.4) is 0 Å². The maximum absolute atomic E-state index is 3.59. The molecular formula is C14H18N2. The normalized spacial score (nSPS) is 21.2. The van der Waals surface area contributed by atoms with Crippen LogP contribution in [0.5, 0.6) is 0 Å². The van der Waals surface area contributed by atoms with Gasteiger partial charge in [-0.3, -0.25) is 4.90 Å². The number of hydrogen-bond acceptors (Lipinski definition) is 1. The fourth-order valence-corrected chi connectivity index (χ4v) is 2.91. The van der Waals surface area contributed by atoms with E-state index in [0.717, 1.165) is 6.54 Å². The molecule has 1 atom stereocenters. The number of rotatable bonds is 1. The van der Waals surface area contributed by atoms with Gasteiger partial charge in [0.2, 0.25) is 0 Å². The minimum Gasteiger partial charge on any atom is -0.357 e. The van der Waals surface area contributed by atoms with Gasteiger partial charge < -0.3 is 4.98 Å². The molecule has 0 saturated heterocycles. The molecule has 0 unspecified atom stereocenters. The van der Waals surface area contributed by atoms with Crippen molar-refractivity contribution in [2.24, 2.45) is 0 Å². The summed E-state index contributed by atoms with van der Waals surface area (Å²) in [5.74, 6) is 0. The van der Waals surface area contributed by atoms with Gasteiger partial charge in [0.25, 0.3) is 0 Å². The van der Waals surface area contributed by atoms with Gasteiger partial charge in [0, 0.05) is 29.2 Å². The summed E-state index contributed by atoms with van der Waals surface area (Å²) in [6, 6.07) is 9.18. The number of aromatic amines is 1. The van der Waals surface area contributed by atoms with Crippen molar-refractivity contribution in [2.45, 2.75) is 26.3 Å². The Morgan fingerprint density at radius 1 is 1.38 bits per heavy atom. The Bertz CT molecular complexity index is 512. The zero-order valence-corrected chi connectivity index (χ0v) is 9.96. The quantitative estimate of drug-likeness (QED) is 0.772. The van der Waals surface area contributed by atoms with E-state index in [1.807, 2.05) is 0 Å². The van der Waals surface area contributed by atoms with E-state index < -0.39 is 0 Å². The number of hydrogen-bond donors (Lipinski definition) is 1. The first-order valence-electron chi connectivity index (χ1n) is 6.14. The van der Waals surface area contributed by atoms with Crippen molar-refractivity contribution in [1.29, 1.82) is 0 Å². The molecule has 1 N–H and O–H groups in total. The Labute approximate surface area is 96.3 Å². The summed E-state index contributed by atoms with van der Waals surface area (Å²) in [7, 11) is 0. The second-order valence-electron chi connectivity index (χ2n) is 4.62. The van der Waals surface area contributed by atoms with Gasteiger partial charge >= 0.3 is 0 Å². The van der Waals surface area contributed by atoms with Gasteiger partial charge in [-0.1, -0.05) is 25.1 Å². The van der Waals surface area contributed by atoms with Crippen molar-refractivity contribution >= 4 is 10.9 Å². The SMILES string of the molecule is CCN1CCc2c([nH]c3ccccc23)[C@H]1C. The van der Waals surface area contributed by atoms with Crippen molar-refractivity contribution in [3.8, 4) is 0 Å². The van der Waals surface area contributed by atoms with Crippen LogP contribution in [0, 0.1) is 0 Å². The van der Waals surface area contributed by atoms with Crippen molar-refractivity contribution < 1.29 is 0 Å². The molecule has 0 spiro atoms. The minimum absolute atomic E-state index is 0.529. The standard InChI is InChI=1S/C14H18N2/c1-3-16-9-8-12-11-6-4-5-7-13(11)15-14(12)10(16)2/h4-7,10,15H,3,8-9H2,1-2H3/t10-/m1/s1. The molecule has 84 valence electrons. The van der Waals surface area contributed by atoms with E-state index in [1.54, 1.807) is 0 Å². The van der Waals surface area contributed by atoms with Gasteiger partial charge in [-0.25, -0.2) is 0 Å². The fraction of sp³-hybridized carbons (Fsp3) is 0.429. The van der Waals surface area contributed by atoms with Crippen molar-refractivity contribution in [3.63, 3.8) is 0 Å². The Balaban J connectivity index is 2.17. The van der Waals surface area contributed by atoms with Crippen LogP contribution in [-0.4, -0.2) is 23.0 Å². The highest BCUT2D eigenvalue weighted by molar-refractivity contribution is 5.85. The number of fused-ring (bicyclic) bond motifs is 3. The number of nitrogens with one attached hydrogen (secondary N) is 1. The van der Waals surface area contributed by atoms with E-state index >= 15 is 0 Å². The first kappa shape index (κ1) is 9.91. The van der Waals surface area contributed by atoms with Crippen LogP contribution in [0.2, 0.25) is 0 Å². The number of nitrogens with zero attached hydrogens (tertiary/aromatic N) is 1. The molecular weight excluding hydrogens is 196 g/mol. The van der Waals surface area contributed by atoms with Crippen molar-refractivity contribution in [1.82, 2.24) is 9.88 Å². The van der Waals surface area contributed by atoms with Gasteiger partial charge in [-0.2, -0.15) is 0 Å². The molecule has 2 aromatic rings. The lowest BCUT2D eigenvalue weighted by atomic mass is 9.98. The molecule has 2 nitrogen and oxygen atoms in total. The second-order valence-corrected chi connectivity index (χ2v) is 4.62. The molecule has 0 saturated carbocycles. The topological polar surface area (TPSA) is 19.0 Å². The highest BCUT2D eigenvalue weighted by Crippen LogP contribution is 2.33. The number of benzene rings is 1. The summed E-state index contributed by atoms with van der Waals surface area (Å²) in [6.45, 7) is 6.86. The molecule has 0 radical (unpaired) electrons. The molecule has 1 aliphatic rings. The average Bonchev–Trinajstić information content (AvgIpc) is 2.69. The lowest BCUT2D eigenvalue weighted by Gasteiger charge is -2.32. The third-order valence-electron chi connectivity index (χ3n) is 3.87.